The highest BCUT2D eigenvalue weighted by molar-refractivity contribution is 6.07. The first-order valence-electron chi connectivity index (χ1n) is 9.68. The Morgan fingerprint density at radius 1 is 1.32 bits per heavy atom. The van der Waals surface area contributed by atoms with Crippen LogP contribution < -0.4 is 5.73 Å². The van der Waals surface area contributed by atoms with E-state index >= 15 is 0 Å². The molecule has 1 unspecified atom stereocenters. The molecule has 3 rings (SSSR count). The lowest BCUT2D eigenvalue weighted by molar-refractivity contribution is -0.135. The second-order valence-corrected chi connectivity index (χ2v) is 7.54. The van der Waals surface area contributed by atoms with Crippen LogP contribution in [0.3, 0.4) is 0 Å². The van der Waals surface area contributed by atoms with Gasteiger partial charge in [0.15, 0.2) is 11.5 Å². The molecule has 1 aromatic carbocycles. The van der Waals surface area contributed by atoms with E-state index in [1.165, 1.54) is 4.90 Å². The molecule has 1 aliphatic heterocycles. The van der Waals surface area contributed by atoms with Crippen LogP contribution in [0.15, 0.2) is 23.2 Å². The van der Waals surface area contributed by atoms with Crippen LogP contribution in [0.5, 0.6) is 0 Å². The number of hydrogen-bond acceptors (Lipinski definition) is 6. The average molecular weight is 384 g/mol. The SMILES string of the molecule is COCCN1C(=O)C(c2cc(C#N)ccc2C)(C2CCC(OC)CC2)N=C1N. The lowest BCUT2D eigenvalue weighted by Crippen LogP contribution is -2.48. The summed E-state index contributed by atoms with van der Waals surface area (Å²) in [6, 6.07) is 7.63. The number of methoxy groups -OCH3 is 2. The van der Waals surface area contributed by atoms with Gasteiger partial charge >= 0.3 is 0 Å². The van der Waals surface area contributed by atoms with Crippen molar-refractivity contribution in [1.29, 1.82) is 5.26 Å². The van der Waals surface area contributed by atoms with E-state index < -0.39 is 5.54 Å². The number of benzene rings is 1. The van der Waals surface area contributed by atoms with Crippen molar-refractivity contribution in [1.82, 2.24) is 4.90 Å². The van der Waals surface area contributed by atoms with Gasteiger partial charge in [-0.1, -0.05) is 6.07 Å². The number of nitriles is 1. The predicted molar refractivity (Wildman–Crippen MR) is 106 cm³/mol. The van der Waals surface area contributed by atoms with E-state index in [0.29, 0.717) is 18.7 Å². The Balaban J connectivity index is 2.09. The normalized spacial score (nSPS) is 27.6. The number of carbonyl (C=O) groups excluding carboxylic acids is 1. The van der Waals surface area contributed by atoms with Gasteiger partial charge < -0.3 is 15.2 Å². The van der Waals surface area contributed by atoms with Crippen molar-refractivity contribution in [2.45, 2.75) is 44.2 Å². The number of rotatable bonds is 6. The number of hydrogen-bond donors (Lipinski definition) is 1. The topological polar surface area (TPSA) is 101 Å². The zero-order valence-corrected chi connectivity index (χ0v) is 16.8. The van der Waals surface area contributed by atoms with Gasteiger partial charge in [-0.05, 0) is 61.8 Å². The van der Waals surface area contributed by atoms with Crippen LogP contribution in [0.25, 0.3) is 0 Å². The maximum Gasteiger partial charge on any atom is 0.262 e. The fourth-order valence-corrected chi connectivity index (χ4v) is 4.48. The summed E-state index contributed by atoms with van der Waals surface area (Å²) in [6.45, 7) is 2.69. The minimum Gasteiger partial charge on any atom is -0.383 e. The maximum absolute atomic E-state index is 13.7. The smallest absolute Gasteiger partial charge is 0.262 e. The lowest BCUT2D eigenvalue weighted by atomic mass is 9.69. The second-order valence-electron chi connectivity index (χ2n) is 7.54. The summed E-state index contributed by atoms with van der Waals surface area (Å²) in [6.07, 6.45) is 3.59. The van der Waals surface area contributed by atoms with Gasteiger partial charge in [0, 0.05) is 14.2 Å². The van der Waals surface area contributed by atoms with Crippen molar-refractivity contribution in [2.24, 2.45) is 16.6 Å². The summed E-state index contributed by atoms with van der Waals surface area (Å²) in [5, 5.41) is 9.40. The molecular formula is C21H28N4O3. The van der Waals surface area contributed by atoms with Gasteiger partial charge in [0.25, 0.3) is 5.91 Å². The summed E-state index contributed by atoms with van der Waals surface area (Å²) < 4.78 is 10.7. The first kappa shape index (κ1) is 20.3. The van der Waals surface area contributed by atoms with Crippen LogP contribution in [0.1, 0.15) is 42.4 Å². The van der Waals surface area contributed by atoms with E-state index in [1.807, 2.05) is 13.0 Å². The van der Waals surface area contributed by atoms with Gasteiger partial charge in [-0.25, -0.2) is 4.99 Å². The van der Waals surface area contributed by atoms with E-state index in [2.05, 4.69) is 6.07 Å². The zero-order valence-electron chi connectivity index (χ0n) is 16.8. The molecule has 28 heavy (non-hydrogen) atoms. The summed E-state index contributed by atoms with van der Waals surface area (Å²) >= 11 is 0. The standard InChI is InChI=1S/C21H28N4O3/c1-14-4-5-15(13-22)12-18(14)21(16-6-8-17(28-3)9-7-16)19(26)25(10-11-27-2)20(23)24-21/h4-5,12,16-17H,6-11H2,1-3H3,(H2,23,24). The first-order chi connectivity index (χ1) is 13.5. The van der Waals surface area contributed by atoms with Crippen molar-refractivity contribution in [2.75, 3.05) is 27.4 Å². The lowest BCUT2D eigenvalue weighted by Gasteiger charge is -2.39. The predicted octanol–water partition coefficient (Wildman–Crippen LogP) is 2.07. The number of aliphatic imine (C=N–C) groups is 1. The Kier molecular flexibility index (Phi) is 6.01. The molecule has 2 aliphatic rings. The van der Waals surface area contributed by atoms with Crippen molar-refractivity contribution >= 4 is 11.9 Å². The number of amides is 1. The summed E-state index contributed by atoms with van der Waals surface area (Å²) in [7, 11) is 3.32. The third-order valence-corrected chi connectivity index (χ3v) is 6.03. The molecule has 1 atom stereocenters. The van der Waals surface area contributed by atoms with Gasteiger partial charge in [0.1, 0.15) is 0 Å². The maximum atomic E-state index is 13.7. The molecule has 1 saturated carbocycles. The van der Waals surface area contributed by atoms with Gasteiger partial charge in [-0.3, -0.25) is 9.69 Å². The largest absolute Gasteiger partial charge is 0.383 e. The molecule has 1 fully saturated rings. The molecule has 1 heterocycles. The molecule has 1 amide bonds. The number of nitrogens with zero attached hydrogens (tertiary/aromatic N) is 3. The molecular weight excluding hydrogens is 356 g/mol. The summed E-state index contributed by atoms with van der Waals surface area (Å²) in [5.41, 5.74) is 7.35. The van der Waals surface area contributed by atoms with Gasteiger partial charge in [0.2, 0.25) is 0 Å². The number of guanidine groups is 1. The van der Waals surface area contributed by atoms with E-state index in [4.69, 9.17) is 20.2 Å². The van der Waals surface area contributed by atoms with Crippen LogP contribution in [-0.4, -0.2) is 50.2 Å². The van der Waals surface area contributed by atoms with E-state index in [9.17, 15) is 10.1 Å². The van der Waals surface area contributed by atoms with Gasteiger partial charge in [-0.15, -0.1) is 0 Å². The minimum atomic E-state index is -1.09. The zero-order chi connectivity index (χ0) is 20.3. The average Bonchev–Trinajstić information content (AvgIpc) is 2.97. The number of nitrogens with two attached hydrogens (primary N) is 1. The number of carbonyl (C=O) groups is 1. The highest BCUT2D eigenvalue weighted by Gasteiger charge is 2.55. The van der Waals surface area contributed by atoms with Crippen LogP contribution in [0.4, 0.5) is 0 Å². The Labute approximate surface area is 166 Å². The quantitative estimate of drug-likeness (QED) is 0.809. The van der Waals surface area contributed by atoms with E-state index in [-0.39, 0.29) is 23.9 Å². The van der Waals surface area contributed by atoms with Crippen LogP contribution in [0, 0.1) is 24.2 Å². The Hall–Kier alpha value is -2.43. The van der Waals surface area contributed by atoms with Gasteiger partial charge in [0.05, 0.1) is 30.9 Å². The highest BCUT2D eigenvalue weighted by atomic mass is 16.5. The highest BCUT2D eigenvalue weighted by Crippen LogP contribution is 2.47. The molecule has 0 bridgehead atoms. The molecule has 0 aromatic heterocycles. The van der Waals surface area contributed by atoms with Gasteiger partial charge in [-0.2, -0.15) is 5.26 Å². The van der Waals surface area contributed by atoms with Crippen LogP contribution >= 0.6 is 0 Å². The third kappa shape index (κ3) is 3.38. The van der Waals surface area contributed by atoms with Crippen molar-refractivity contribution < 1.29 is 14.3 Å². The Bertz CT molecular complexity index is 808. The summed E-state index contributed by atoms with van der Waals surface area (Å²) in [4.78, 5) is 20.0. The molecule has 1 aromatic rings. The molecule has 7 nitrogen and oxygen atoms in total. The van der Waals surface area contributed by atoms with Crippen molar-refractivity contribution in [3.8, 4) is 6.07 Å². The van der Waals surface area contributed by atoms with Crippen LogP contribution in [-0.2, 0) is 19.8 Å². The molecule has 1 aliphatic carbocycles. The van der Waals surface area contributed by atoms with Crippen LogP contribution in [0.2, 0.25) is 0 Å². The molecule has 0 radical (unpaired) electrons. The molecule has 150 valence electrons. The monoisotopic (exact) mass is 384 g/mol. The summed E-state index contributed by atoms with van der Waals surface area (Å²) in [5.74, 6) is 0.101. The first-order valence-corrected chi connectivity index (χ1v) is 9.68. The molecule has 7 heteroatoms. The number of ether oxygens (including phenoxy) is 2. The Morgan fingerprint density at radius 3 is 2.64 bits per heavy atom. The fourth-order valence-electron chi connectivity index (χ4n) is 4.48. The molecule has 0 saturated heterocycles. The molecule has 0 spiro atoms. The minimum absolute atomic E-state index is 0.00476. The van der Waals surface area contributed by atoms with E-state index in [1.54, 1.807) is 26.4 Å². The second kappa shape index (κ2) is 8.29. The third-order valence-electron chi connectivity index (χ3n) is 6.03. The van der Waals surface area contributed by atoms with Crippen molar-refractivity contribution in [3.05, 3.63) is 34.9 Å². The fraction of sp³-hybridized carbons (Fsp3) is 0.571. The Morgan fingerprint density at radius 2 is 2.04 bits per heavy atom. The molecule has 2 N–H and O–H groups in total. The number of aryl methyl sites for hydroxylation is 1. The van der Waals surface area contributed by atoms with Crippen molar-refractivity contribution in [3.63, 3.8) is 0 Å². The van der Waals surface area contributed by atoms with E-state index in [0.717, 1.165) is 36.8 Å².